The van der Waals surface area contributed by atoms with Gasteiger partial charge in [0, 0.05) is 13.2 Å². The van der Waals surface area contributed by atoms with E-state index in [9.17, 15) is 18.3 Å². The number of nitrogens with one attached hydrogen (secondary N) is 1. The fraction of sp³-hybridized carbons (Fsp3) is 0.583. The molecule has 1 aliphatic heterocycles. The molecule has 1 aromatic rings. The SMILES string of the molecule is CCC1(O)CN(C(=O)c2cc(S(=O)(=O)NC)cn2C)C1. The standard InChI is InChI=1S/C12H19N3O4S/c1-4-12(17)7-15(8-12)11(16)10-5-9(6-14(10)3)20(18,19)13-2/h5-6,13,17H,4,7-8H2,1-3H3. The molecule has 0 bridgehead atoms. The van der Waals surface area contributed by atoms with Crippen molar-refractivity contribution in [2.75, 3.05) is 20.1 Å². The van der Waals surface area contributed by atoms with E-state index in [1.807, 2.05) is 6.92 Å². The summed E-state index contributed by atoms with van der Waals surface area (Å²) in [6.07, 6.45) is 1.98. The van der Waals surface area contributed by atoms with Crippen molar-refractivity contribution in [3.05, 3.63) is 18.0 Å². The van der Waals surface area contributed by atoms with Gasteiger partial charge in [0.2, 0.25) is 10.0 Å². The molecule has 1 saturated heterocycles. The van der Waals surface area contributed by atoms with E-state index in [1.165, 1.54) is 28.8 Å². The Morgan fingerprint density at radius 2 is 2.10 bits per heavy atom. The molecule has 1 amide bonds. The zero-order valence-electron chi connectivity index (χ0n) is 11.8. The van der Waals surface area contributed by atoms with Crippen LogP contribution < -0.4 is 4.72 Å². The molecular weight excluding hydrogens is 282 g/mol. The third kappa shape index (κ3) is 2.46. The Morgan fingerprint density at radius 1 is 1.50 bits per heavy atom. The summed E-state index contributed by atoms with van der Waals surface area (Å²) in [5.41, 5.74) is -0.516. The van der Waals surface area contributed by atoms with Crippen molar-refractivity contribution in [3.63, 3.8) is 0 Å². The smallest absolute Gasteiger partial charge is 0.270 e. The molecule has 112 valence electrons. The van der Waals surface area contributed by atoms with E-state index in [0.29, 0.717) is 6.42 Å². The van der Waals surface area contributed by atoms with Crippen LogP contribution in [0.1, 0.15) is 23.8 Å². The van der Waals surface area contributed by atoms with Crippen molar-refractivity contribution in [2.45, 2.75) is 23.8 Å². The Labute approximate surface area is 118 Å². The van der Waals surface area contributed by atoms with Crippen LogP contribution in [0, 0.1) is 0 Å². The van der Waals surface area contributed by atoms with Crippen molar-refractivity contribution in [3.8, 4) is 0 Å². The van der Waals surface area contributed by atoms with E-state index in [2.05, 4.69) is 4.72 Å². The number of amides is 1. The van der Waals surface area contributed by atoms with E-state index in [4.69, 9.17) is 0 Å². The molecule has 7 nitrogen and oxygen atoms in total. The number of likely N-dealkylation sites (tertiary alicyclic amines) is 1. The summed E-state index contributed by atoms with van der Waals surface area (Å²) in [7, 11) is -0.627. The Morgan fingerprint density at radius 3 is 2.60 bits per heavy atom. The van der Waals surface area contributed by atoms with Crippen molar-refractivity contribution < 1.29 is 18.3 Å². The van der Waals surface area contributed by atoms with Crippen molar-refractivity contribution in [2.24, 2.45) is 7.05 Å². The highest BCUT2D eigenvalue weighted by molar-refractivity contribution is 7.89. The maximum Gasteiger partial charge on any atom is 0.270 e. The lowest BCUT2D eigenvalue weighted by molar-refractivity contribution is -0.0829. The van der Waals surface area contributed by atoms with Gasteiger partial charge in [-0.3, -0.25) is 4.79 Å². The minimum absolute atomic E-state index is 0.0529. The second-order valence-corrected chi connectivity index (χ2v) is 7.01. The number of aromatic nitrogens is 1. The largest absolute Gasteiger partial charge is 0.386 e. The highest BCUT2D eigenvalue weighted by Crippen LogP contribution is 2.26. The highest BCUT2D eigenvalue weighted by atomic mass is 32.2. The first-order valence-electron chi connectivity index (χ1n) is 6.34. The highest BCUT2D eigenvalue weighted by Gasteiger charge is 2.42. The second-order valence-electron chi connectivity index (χ2n) is 5.12. The molecule has 2 N–H and O–H groups in total. The van der Waals surface area contributed by atoms with Gasteiger partial charge in [-0.25, -0.2) is 13.1 Å². The van der Waals surface area contributed by atoms with Crippen LogP contribution in [0.4, 0.5) is 0 Å². The third-order valence-electron chi connectivity index (χ3n) is 3.69. The molecular formula is C12H19N3O4S. The minimum Gasteiger partial charge on any atom is -0.386 e. The summed E-state index contributed by atoms with van der Waals surface area (Å²) in [5, 5.41) is 9.92. The lowest BCUT2D eigenvalue weighted by Crippen LogP contribution is -2.63. The number of hydrogen-bond acceptors (Lipinski definition) is 4. The van der Waals surface area contributed by atoms with Crippen LogP contribution >= 0.6 is 0 Å². The summed E-state index contributed by atoms with van der Waals surface area (Å²) in [4.78, 5) is 13.8. The van der Waals surface area contributed by atoms with Crippen LogP contribution in [-0.4, -0.2) is 54.6 Å². The molecule has 0 saturated carbocycles. The summed E-state index contributed by atoms with van der Waals surface area (Å²) in [5.74, 6) is -0.275. The third-order valence-corrected chi connectivity index (χ3v) is 5.08. The predicted octanol–water partition coefficient (Wildman–Crippen LogP) is -0.470. The molecule has 2 heterocycles. The molecule has 0 aromatic carbocycles. The average molecular weight is 301 g/mol. The van der Waals surface area contributed by atoms with E-state index < -0.39 is 15.6 Å². The second kappa shape index (κ2) is 4.87. The number of aliphatic hydroxyl groups is 1. The van der Waals surface area contributed by atoms with Crippen LogP contribution in [0.5, 0.6) is 0 Å². The van der Waals surface area contributed by atoms with Crippen molar-refractivity contribution in [1.29, 1.82) is 0 Å². The van der Waals surface area contributed by atoms with Gasteiger partial charge in [0.1, 0.15) is 10.6 Å². The Hall–Kier alpha value is -1.38. The van der Waals surface area contributed by atoms with Crippen LogP contribution in [0.3, 0.4) is 0 Å². The first-order chi connectivity index (χ1) is 9.22. The van der Waals surface area contributed by atoms with Crippen LogP contribution in [0.25, 0.3) is 0 Å². The number of carbonyl (C=O) groups excluding carboxylic acids is 1. The summed E-state index contributed by atoms with van der Waals surface area (Å²) in [6, 6.07) is 1.34. The van der Waals surface area contributed by atoms with Gasteiger partial charge in [-0.1, -0.05) is 6.92 Å². The summed E-state index contributed by atoms with van der Waals surface area (Å²) >= 11 is 0. The lowest BCUT2D eigenvalue weighted by Gasteiger charge is -2.46. The molecule has 8 heteroatoms. The Kier molecular flexibility index (Phi) is 3.66. The molecule has 2 rings (SSSR count). The average Bonchev–Trinajstić information content (AvgIpc) is 2.77. The molecule has 0 radical (unpaired) electrons. The Bertz CT molecular complexity index is 629. The molecule has 20 heavy (non-hydrogen) atoms. The maximum absolute atomic E-state index is 12.3. The molecule has 0 unspecified atom stereocenters. The fourth-order valence-corrected chi connectivity index (χ4v) is 3.00. The molecule has 1 aliphatic rings. The van der Waals surface area contributed by atoms with Gasteiger partial charge < -0.3 is 14.6 Å². The van der Waals surface area contributed by atoms with Gasteiger partial charge >= 0.3 is 0 Å². The van der Waals surface area contributed by atoms with E-state index in [0.717, 1.165) is 0 Å². The van der Waals surface area contributed by atoms with Crippen LogP contribution in [0.15, 0.2) is 17.2 Å². The van der Waals surface area contributed by atoms with Gasteiger partial charge in [-0.2, -0.15) is 0 Å². The number of nitrogens with zero attached hydrogens (tertiary/aromatic N) is 2. The predicted molar refractivity (Wildman–Crippen MR) is 72.8 cm³/mol. The zero-order valence-corrected chi connectivity index (χ0v) is 12.6. The normalized spacial score (nSPS) is 17.9. The summed E-state index contributed by atoms with van der Waals surface area (Å²) in [6.45, 7) is 2.42. The van der Waals surface area contributed by atoms with E-state index in [1.54, 1.807) is 7.05 Å². The Balaban J connectivity index is 2.21. The van der Waals surface area contributed by atoms with E-state index in [-0.39, 0.29) is 29.6 Å². The number of sulfonamides is 1. The minimum atomic E-state index is -3.57. The van der Waals surface area contributed by atoms with Crippen molar-refractivity contribution in [1.82, 2.24) is 14.2 Å². The molecule has 1 aromatic heterocycles. The number of hydrogen-bond donors (Lipinski definition) is 2. The van der Waals surface area contributed by atoms with Gasteiger partial charge in [0.15, 0.2) is 0 Å². The fourth-order valence-electron chi connectivity index (χ4n) is 2.21. The van der Waals surface area contributed by atoms with Crippen LogP contribution in [0.2, 0.25) is 0 Å². The monoisotopic (exact) mass is 301 g/mol. The van der Waals surface area contributed by atoms with Crippen LogP contribution in [-0.2, 0) is 17.1 Å². The van der Waals surface area contributed by atoms with Gasteiger partial charge in [-0.15, -0.1) is 0 Å². The van der Waals surface area contributed by atoms with Gasteiger partial charge in [-0.05, 0) is 19.5 Å². The lowest BCUT2D eigenvalue weighted by atomic mass is 9.91. The number of aryl methyl sites for hydroxylation is 1. The van der Waals surface area contributed by atoms with E-state index >= 15 is 0 Å². The maximum atomic E-state index is 12.3. The topological polar surface area (TPSA) is 91.6 Å². The zero-order chi connectivity index (χ0) is 15.1. The van der Waals surface area contributed by atoms with Gasteiger partial charge in [0.25, 0.3) is 5.91 Å². The summed E-state index contributed by atoms with van der Waals surface area (Å²) < 4.78 is 27.1. The first-order valence-corrected chi connectivity index (χ1v) is 7.82. The van der Waals surface area contributed by atoms with Crippen molar-refractivity contribution >= 4 is 15.9 Å². The molecule has 1 fully saturated rings. The quantitative estimate of drug-likeness (QED) is 0.786. The molecule has 0 atom stereocenters. The first kappa shape index (κ1) is 15.0. The van der Waals surface area contributed by atoms with Gasteiger partial charge in [0.05, 0.1) is 18.7 Å². The number of carbonyl (C=O) groups is 1. The molecule has 0 spiro atoms. The number of β-amino-alcohol motifs (C(OH)–C–C–N with tert-alkyl or cyclic N) is 1. The number of rotatable bonds is 4. The molecule has 0 aliphatic carbocycles.